The molecule has 1 aromatic heterocycles. The second kappa shape index (κ2) is 6.33. The van der Waals surface area contributed by atoms with Gasteiger partial charge < -0.3 is 9.72 Å². The first-order valence-electron chi connectivity index (χ1n) is 8.03. The lowest BCUT2D eigenvalue weighted by molar-refractivity contribution is -0.112. The van der Waals surface area contributed by atoms with Gasteiger partial charge in [0.25, 0.3) is 11.8 Å². The van der Waals surface area contributed by atoms with Crippen LogP contribution in [0.4, 0.5) is 5.69 Å². The molecule has 0 saturated heterocycles. The molecule has 128 valence electrons. The normalized spacial score (nSPS) is 15.3. The molecule has 0 radical (unpaired) electrons. The van der Waals surface area contributed by atoms with E-state index in [0.717, 1.165) is 4.90 Å². The highest BCUT2D eigenvalue weighted by Crippen LogP contribution is 2.36. The number of imide groups is 1. The van der Waals surface area contributed by atoms with Gasteiger partial charge in [0.2, 0.25) is 0 Å². The van der Waals surface area contributed by atoms with E-state index in [4.69, 9.17) is 4.74 Å². The largest absolute Gasteiger partial charge is 0.495 e. The summed E-state index contributed by atoms with van der Waals surface area (Å²) in [6, 6.07) is 14.0. The van der Waals surface area contributed by atoms with Gasteiger partial charge in [-0.1, -0.05) is 30.3 Å². The van der Waals surface area contributed by atoms with E-state index in [1.165, 1.54) is 7.11 Å². The highest BCUT2D eigenvalue weighted by molar-refractivity contribution is 6.43. The van der Waals surface area contributed by atoms with Crippen molar-refractivity contribution >= 4 is 29.2 Å². The van der Waals surface area contributed by atoms with Crippen molar-refractivity contribution in [2.45, 2.75) is 0 Å². The molecule has 0 unspecified atom stereocenters. The van der Waals surface area contributed by atoms with Crippen molar-refractivity contribution in [1.29, 1.82) is 0 Å². The minimum absolute atomic E-state index is 0.383. The van der Waals surface area contributed by atoms with Gasteiger partial charge in [-0.05, 0) is 24.3 Å². The summed E-state index contributed by atoms with van der Waals surface area (Å²) in [6.45, 7) is 0. The minimum atomic E-state index is -0.422. The van der Waals surface area contributed by atoms with E-state index in [9.17, 15) is 9.59 Å². The number of fused-ring (bicyclic) bond motifs is 1. The third-order valence-electron chi connectivity index (χ3n) is 4.21. The van der Waals surface area contributed by atoms with Crippen LogP contribution in [0, 0.1) is 0 Å². The molecule has 0 bridgehead atoms. The smallest absolute Gasteiger partial charge is 0.266 e. The van der Waals surface area contributed by atoms with Crippen LogP contribution < -0.4 is 9.64 Å². The summed E-state index contributed by atoms with van der Waals surface area (Å²) in [7, 11) is 1.51. The standard InChI is InChI=1S/C20H15N3O3/c1-26-17-9-5-4-8-16(17)23-19(24)14-7-3-2-6-13(14)15(20(23)25)12-18-21-10-11-22-18/h2-12H,1H3,(H,21,22)/b15-12+. The van der Waals surface area contributed by atoms with Crippen LogP contribution >= 0.6 is 0 Å². The first-order valence-corrected chi connectivity index (χ1v) is 8.03. The third kappa shape index (κ3) is 2.48. The molecule has 2 amide bonds. The molecular formula is C20H15N3O3. The van der Waals surface area contributed by atoms with Gasteiger partial charge in [0.1, 0.15) is 11.6 Å². The Morgan fingerprint density at radius 2 is 1.73 bits per heavy atom. The molecule has 1 aliphatic heterocycles. The zero-order valence-electron chi connectivity index (χ0n) is 14.0. The van der Waals surface area contributed by atoms with Crippen molar-refractivity contribution in [2.75, 3.05) is 12.0 Å². The molecule has 26 heavy (non-hydrogen) atoms. The number of imidazole rings is 1. The molecule has 0 saturated carbocycles. The molecule has 6 nitrogen and oxygen atoms in total. The number of nitrogens with zero attached hydrogens (tertiary/aromatic N) is 2. The summed E-state index contributed by atoms with van der Waals surface area (Å²) in [5.74, 6) is 0.185. The second-order valence-corrected chi connectivity index (χ2v) is 5.70. The fraction of sp³-hybridized carbons (Fsp3) is 0.0500. The minimum Gasteiger partial charge on any atom is -0.495 e. The van der Waals surface area contributed by atoms with Crippen molar-refractivity contribution in [3.05, 3.63) is 77.9 Å². The average Bonchev–Trinajstić information content (AvgIpc) is 3.19. The number of carbonyl (C=O) groups excluding carboxylic acids is 2. The highest BCUT2D eigenvalue weighted by Gasteiger charge is 2.37. The van der Waals surface area contributed by atoms with Crippen molar-refractivity contribution < 1.29 is 14.3 Å². The number of hydrogen-bond acceptors (Lipinski definition) is 4. The maximum atomic E-state index is 13.2. The van der Waals surface area contributed by atoms with Gasteiger partial charge in [-0.3, -0.25) is 9.59 Å². The molecule has 6 heteroatoms. The zero-order chi connectivity index (χ0) is 18.1. The molecular weight excluding hydrogens is 330 g/mol. The maximum Gasteiger partial charge on any atom is 0.266 e. The topological polar surface area (TPSA) is 75.3 Å². The number of para-hydroxylation sites is 2. The van der Waals surface area contributed by atoms with Gasteiger partial charge in [-0.15, -0.1) is 0 Å². The second-order valence-electron chi connectivity index (χ2n) is 5.70. The third-order valence-corrected chi connectivity index (χ3v) is 4.21. The number of methoxy groups -OCH3 is 1. The van der Waals surface area contributed by atoms with E-state index >= 15 is 0 Å². The maximum absolute atomic E-state index is 13.2. The van der Waals surface area contributed by atoms with Crippen molar-refractivity contribution in [1.82, 2.24) is 9.97 Å². The number of ether oxygens (including phenoxy) is 1. The highest BCUT2D eigenvalue weighted by atomic mass is 16.5. The average molecular weight is 345 g/mol. The number of anilines is 1. The number of hydrogen-bond donors (Lipinski definition) is 1. The number of H-pyrrole nitrogens is 1. The monoisotopic (exact) mass is 345 g/mol. The number of amides is 2. The Morgan fingerprint density at radius 3 is 2.46 bits per heavy atom. The van der Waals surface area contributed by atoms with Crippen molar-refractivity contribution in [2.24, 2.45) is 0 Å². The van der Waals surface area contributed by atoms with E-state index in [1.807, 2.05) is 0 Å². The molecule has 0 atom stereocenters. The Balaban J connectivity index is 1.93. The Kier molecular flexibility index (Phi) is 3.85. The molecule has 1 aliphatic rings. The van der Waals surface area contributed by atoms with E-state index in [1.54, 1.807) is 67.0 Å². The van der Waals surface area contributed by atoms with Gasteiger partial charge in [-0.2, -0.15) is 0 Å². The Morgan fingerprint density at radius 1 is 1.00 bits per heavy atom. The summed E-state index contributed by atoms with van der Waals surface area (Å²) >= 11 is 0. The Labute approximate surface area is 149 Å². The van der Waals surface area contributed by atoms with E-state index in [0.29, 0.717) is 34.0 Å². The zero-order valence-corrected chi connectivity index (χ0v) is 14.0. The number of aromatic amines is 1. The molecule has 3 aromatic rings. The lowest BCUT2D eigenvalue weighted by Crippen LogP contribution is -2.42. The molecule has 1 N–H and O–H groups in total. The Hall–Kier alpha value is -3.67. The number of carbonyl (C=O) groups is 2. The summed E-state index contributed by atoms with van der Waals surface area (Å²) in [6.07, 6.45) is 4.93. The van der Waals surface area contributed by atoms with Gasteiger partial charge in [0, 0.05) is 23.5 Å². The fourth-order valence-electron chi connectivity index (χ4n) is 3.02. The van der Waals surface area contributed by atoms with Crippen molar-refractivity contribution in [3.63, 3.8) is 0 Å². The van der Waals surface area contributed by atoms with Crippen LogP contribution in [0.1, 0.15) is 21.7 Å². The lowest BCUT2D eigenvalue weighted by Gasteiger charge is -2.29. The van der Waals surface area contributed by atoms with Crippen LogP contribution in [0.5, 0.6) is 5.75 Å². The number of aromatic nitrogens is 2. The predicted molar refractivity (Wildman–Crippen MR) is 97.7 cm³/mol. The first-order chi connectivity index (χ1) is 12.7. The molecule has 2 heterocycles. The van der Waals surface area contributed by atoms with Crippen LogP contribution in [0.2, 0.25) is 0 Å². The van der Waals surface area contributed by atoms with Gasteiger partial charge in [0.15, 0.2) is 0 Å². The van der Waals surface area contributed by atoms with Crippen LogP contribution in [0.15, 0.2) is 60.9 Å². The number of rotatable bonds is 3. The number of nitrogens with one attached hydrogen (secondary N) is 1. The molecule has 4 rings (SSSR count). The SMILES string of the molecule is COc1ccccc1N1C(=O)/C(=C/c2ncc[nH]2)c2ccccc2C1=O. The summed E-state index contributed by atoms with van der Waals surface area (Å²) in [5.41, 5.74) is 1.84. The summed E-state index contributed by atoms with van der Waals surface area (Å²) < 4.78 is 5.34. The predicted octanol–water partition coefficient (Wildman–Crippen LogP) is 3.15. The molecule has 0 spiro atoms. The fourth-order valence-corrected chi connectivity index (χ4v) is 3.02. The number of benzene rings is 2. The Bertz CT molecular complexity index is 1020. The van der Waals surface area contributed by atoms with Crippen LogP contribution in [0.25, 0.3) is 11.6 Å². The van der Waals surface area contributed by atoms with Crippen LogP contribution in [-0.2, 0) is 4.79 Å². The van der Waals surface area contributed by atoms with E-state index in [-0.39, 0.29) is 5.91 Å². The molecule has 0 fully saturated rings. The van der Waals surface area contributed by atoms with Crippen molar-refractivity contribution in [3.8, 4) is 5.75 Å². The van der Waals surface area contributed by atoms with Gasteiger partial charge >= 0.3 is 0 Å². The molecule has 0 aliphatic carbocycles. The molecule has 2 aromatic carbocycles. The van der Waals surface area contributed by atoms with E-state index < -0.39 is 5.91 Å². The van der Waals surface area contributed by atoms with Gasteiger partial charge in [0.05, 0.1) is 18.4 Å². The van der Waals surface area contributed by atoms with Crippen LogP contribution in [0.3, 0.4) is 0 Å². The lowest BCUT2D eigenvalue weighted by atomic mass is 9.92. The summed E-state index contributed by atoms with van der Waals surface area (Å²) in [5, 5.41) is 0. The van der Waals surface area contributed by atoms with Gasteiger partial charge in [-0.25, -0.2) is 9.88 Å². The quantitative estimate of drug-likeness (QED) is 0.584. The van der Waals surface area contributed by atoms with Crippen LogP contribution in [-0.4, -0.2) is 28.9 Å². The first kappa shape index (κ1) is 15.8. The van der Waals surface area contributed by atoms with E-state index in [2.05, 4.69) is 9.97 Å². The summed E-state index contributed by atoms with van der Waals surface area (Å²) in [4.78, 5) is 34.5.